The number of halogens is 2. The molecule has 4 rings (SSSR count). The molecular formula is C35H48Cl2N8O5S. The number of aliphatic imine (C=N–C) groups is 1. The van der Waals surface area contributed by atoms with Gasteiger partial charge in [-0.15, -0.1) is 0 Å². The summed E-state index contributed by atoms with van der Waals surface area (Å²) in [6.07, 6.45) is 1.14. The molecule has 0 saturated carbocycles. The molecule has 1 aliphatic rings. The van der Waals surface area contributed by atoms with Crippen LogP contribution in [-0.2, 0) is 26.2 Å². The summed E-state index contributed by atoms with van der Waals surface area (Å²) in [6, 6.07) is 11.4. The molecule has 51 heavy (non-hydrogen) atoms. The van der Waals surface area contributed by atoms with E-state index in [0.29, 0.717) is 49.7 Å². The molecule has 16 heteroatoms. The maximum absolute atomic E-state index is 13.7. The quantitative estimate of drug-likeness (QED) is 0.162. The number of rotatable bonds is 14. The Morgan fingerprint density at radius 2 is 1.76 bits per heavy atom. The van der Waals surface area contributed by atoms with E-state index in [1.54, 1.807) is 11.0 Å². The lowest BCUT2D eigenvalue weighted by Gasteiger charge is -2.39. The van der Waals surface area contributed by atoms with Crippen molar-refractivity contribution in [2.75, 3.05) is 45.8 Å². The predicted molar refractivity (Wildman–Crippen MR) is 201 cm³/mol. The van der Waals surface area contributed by atoms with Crippen molar-refractivity contribution in [3.05, 3.63) is 63.8 Å². The van der Waals surface area contributed by atoms with E-state index in [1.165, 1.54) is 30.9 Å². The number of nitrogens with two attached hydrogens (primary N) is 2. The minimum atomic E-state index is -4.31. The molecule has 1 fully saturated rings. The molecule has 0 bridgehead atoms. The summed E-state index contributed by atoms with van der Waals surface area (Å²) in [4.78, 5) is 40.4. The number of hydrogen-bond acceptors (Lipinski definition) is 8. The number of carbonyl (C=O) groups is 2. The van der Waals surface area contributed by atoms with E-state index in [2.05, 4.69) is 14.7 Å². The van der Waals surface area contributed by atoms with Crippen LogP contribution in [0, 0.1) is 6.92 Å². The van der Waals surface area contributed by atoms with Gasteiger partial charge < -0.3 is 30.9 Å². The van der Waals surface area contributed by atoms with Crippen molar-refractivity contribution >= 4 is 61.9 Å². The topological polar surface area (TPSA) is 177 Å². The maximum Gasteiger partial charge on any atom is 0.243 e. The standard InChI is InChI=1S/C35H48Cl2N8O5S/c1-6-40-34(39)43(7-2)17-9-11-27(38)32(46)44-18-20-45(21-19-44)33(47)35(4,5)42-51(48,49)29-16-15-26(36)25(30(29)37)22-50-28-12-8-10-24-14-13-23(3)41-31(24)28/h8,10,12-16,27,42H,6-7,9,11,17-22,38H2,1-5H3,(H2,39,40)/t27-/m0/s1. The fourth-order valence-corrected chi connectivity index (χ4v) is 8.18. The van der Waals surface area contributed by atoms with Crippen LogP contribution >= 0.6 is 23.2 Å². The van der Waals surface area contributed by atoms with Crippen molar-refractivity contribution in [3.8, 4) is 5.75 Å². The van der Waals surface area contributed by atoms with Gasteiger partial charge in [0.05, 0.1) is 11.1 Å². The third kappa shape index (κ3) is 9.80. The highest BCUT2D eigenvalue weighted by Gasteiger charge is 2.39. The number of pyridine rings is 1. The minimum absolute atomic E-state index is 0.119. The molecule has 1 atom stereocenters. The molecule has 1 saturated heterocycles. The molecule has 0 aliphatic carbocycles. The number of aromatic nitrogens is 1. The second-order valence-electron chi connectivity index (χ2n) is 12.9. The van der Waals surface area contributed by atoms with Gasteiger partial charge in [0.2, 0.25) is 21.8 Å². The Bertz CT molecular complexity index is 1870. The average molecular weight is 764 g/mol. The first-order valence-corrected chi connectivity index (χ1v) is 19.2. The van der Waals surface area contributed by atoms with Gasteiger partial charge >= 0.3 is 0 Å². The number of carbonyl (C=O) groups excluding carboxylic acids is 2. The first-order valence-electron chi connectivity index (χ1n) is 17.0. The largest absolute Gasteiger partial charge is 0.487 e. The van der Waals surface area contributed by atoms with Gasteiger partial charge in [0.15, 0.2) is 5.96 Å². The zero-order chi connectivity index (χ0) is 37.5. The summed E-state index contributed by atoms with van der Waals surface area (Å²) in [5.74, 6) is 0.333. The molecule has 1 aromatic heterocycles. The number of sulfonamides is 1. The number of hydrogen-bond donors (Lipinski definition) is 3. The van der Waals surface area contributed by atoms with Gasteiger partial charge in [0, 0.05) is 67.5 Å². The number of para-hydroxylation sites is 1. The maximum atomic E-state index is 13.7. The molecule has 13 nitrogen and oxygen atoms in total. The Balaban J connectivity index is 1.36. The molecule has 0 unspecified atom stereocenters. The number of nitrogens with one attached hydrogen (secondary N) is 1. The normalized spacial score (nSPS) is 14.9. The molecule has 0 radical (unpaired) electrons. The Morgan fingerprint density at radius 3 is 2.43 bits per heavy atom. The Kier molecular flexibility index (Phi) is 13.5. The van der Waals surface area contributed by atoms with Crippen LogP contribution in [0.3, 0.4) is 0 Å². The van der Waals surface area contributed by atoms with Gasteiger partial charge in [0.1, 0.15) is 28.3 Å². The van der Waals surface area contributed by atoms with Crippen LogP contribution in [0.4, 0.5) is 0 Å². The molecule has 5 N–H and O–H groups in total. The van der Waals surface area contributed by atoms with E-state index < -0.39 is 27.5 Å². The van der Waals surface area contributed by atoms with Crippen LogP contribution in [0.1, 0.15) is 51.8 Å². The second-order valence-corrected chi connectivity index (χ2v) is 15.4. The Labute approximate surface area is 310 Å². The van der Waals surface area contributed by atoms with Crippen LogP contribution < -0.4 is 20.9 Å². The summed E-state index contributed by atoms with van der Waals surface area (Å²) < 4.78 is 36.0. The zero-order valence-corrected chi connectivity index (χ0v) is 32.1. The van der Waals surface area contributed by atoms with Crippen molar-refractivity contribution in [2.24, 2.45) is 16.5 Å². The van der Waals surface area contributed by atoms with Gasteiger partial charge in [-0.25, -0.2) is 13.4 Å². The van der Waals surface area contributed by atoms with Crippen LogP contribution in [0.25, 0.3) is 10.9 Å². The Hall–Kier alpha value is -3.69. The summed E-state index contributed by atoms with van der Waals surface area (Å²) in [5.41, 5.74) is 12.5. The molecule has 2 heterocycles. The number of fused-ring (bicyclic) bond motifs is 1. The van der Waals surface area contributed by atoms with Gasteiger partial charge in [-0.1, -0.05) is 41.4 Å². The highest BCUT2D eigenvalue weighted by atomic mass is 35.5. The monoisotopic (exact) mass is 762 g/mol. The van der Waals surface area contributed by atoms with Gasteiger partial charge in [-0.3, -0.25) is 14.6 Å². The van der Waals surface area contributed by atoms with Crippen molar-refractivity contribution in [2.45, 2.75) is 70.5 Å². The number of aryl methyl sites for hydroxylation is 1. The van der Waals surface area contributed by atoms with Gasteiger partial charge in [-0.2, -0.15) is 4.72 Å². The smallest absolute Gasteiger partial charge is 0.243 e. The number of guanidine groups is 1. The number of ether oxygens (including phenoxy) is 1. The molecule has 1 aliphatic heterocycles. The summed E-state index contributed by atoms with van der Waals surface area (Å²) in [7, 11) is -4.31. The Morgan fingerprint density at radius 1 is 1.08 bits per heavy atom. The first-order chi connectivity index (χ1) is 24.1. The van der Waals surface area contributed by atoms with Crippen LogP contribution in [0.15, 0.2) is 52.4 Å². The summed E-state index contributed by atoms with van der Waals surface area (Å²) >= 11 is 13.1. The minimum Gasteiger partial charge on any atom is -0.487 e. The SMILES string of the molecule is CCN=C(N)N(CC)CCC[C@H](N)C(=O)N1CCN(C(=O)C(C)(C)NS(=O)(=O)c2ccc(Cl)c(COc3cccc4ccc(C)nc34)c2Cl)CC1. The third-order valence-electron chi connectivity index (χ3n) is 8.72. The second kappa shape index (κ2) is 17.2. The number of benzene rings is 2. The van der Waals surface area contributed by atoms with Crippen molar-refractivity contribution in [1.82, 2.24) is 24.4 Å². The fourth-order valence-electron chi connectivity index (χ4n) is 5.92. The van der Waals surface area contributed by atoms with E-state index in [1.807, 2.05) is 49.9 Å². The van der Waals surface area contributed by atoms with E-state index in [9.17, 15) is 18.0 Å². The van der Waals surface area contributed by atoms with E-state index in [4.69, 9.17) is 39.4 Å². The van der Waals surface area contributed by atoms with Crippen LogP contribution in [-0.4, -0.2) is 103 Å². The lowest BCUT2D eigenvalue weighted by atomic mass is 10.0. The molecule has 0 spiro atoms. The lowest BCUT2D eigenvalue weighted by molar-refractivity contribution is -0.143. The van der Waals surface area contributed by atoms with Crippen molar-refractivity contribution < 1.29 is 22.7 Å². The van der Waals surface area contributed by atoms with Crippen LogP contribution in [0.2, 0.25) is 10.0 Å². The van der Waals surface area contributed by atoms with E-state index in [-0.39, 0.29) is 59.2 Å². The molecule has 2 aromatic carbocycles. The summed E-state index contributed by atoms with van der Waals surface area (Å²) in [6.45, 7) is 11.6. The molecule has 278 valence electrons. The fraction of sp³-hybridized carbons (Fsp3) is 0.486. The van der Waals surface area contributed by atoms with Gasteiger partial charge in [0.25, 0.3) is 0 Å². The number of nitrogens with zero attached hydrogens (tertiary/aromatic N) is 5. The third-order valence-corrected chi connectivity index (χ3v) is 11.3. The van der Waals surface area contributed by atoms with E-state index in [0.717, 1.165) is 11.1 Å². The zero-order valence-electron chi connectivity index (χ0n) is 29.8. The molecular weight excluding hydrogens is 715 g/mol. The highest BCUT2D eigenvalue weighted by molar-refractivity contribution is 7.89. The van der Waals surface area contributed by atoms with Gasteiger partial charge in [-0.05, 0) is 71.7 Å². The average Bonchev–Trinajstić information content (AvgIpc) is 3.08. The number of amides is 2. The van der Waals surface area contributed by atoms with Crippen LogP contribution in [0.5, 0.6) is 5.75 Å². The first kappa shape index (κ1) is 40.1. The van der Waals surface area contributed by atoms with E-state index >= 15 is 0 Å². The van der Waals surface area contributed by atoms with Crippen molar-refractivity contribution in [1.29, 1.82) is 0 Å². The lowest BCUT2D eigenvalue weighted by Crippen LogP contribution is -2.61. The predicted octanol–water partition coefficient (Wildman–Crippen LogP) is 3.92. The molecule has 2 amide bonds. The summed E-state index contributed by atoms with van der Waals surface area (Å²) in [5, 5.41) is 0.986. The number of piperazine rings is 1. The molecule has 3 aromatic rings. The highest BCUT2D eigenvalue weighted by Crippen LogP contribution is 2.34. The van der Waals surface area contributed by atoms with Crippen molar-refractivity contribution in [3.63, 3.8) is 0 Å².